The van der Waals surface area contributed by atoms with Crippen molar-refractivity contribution < 1.29 is 29.2 Å². The molecule has 8 heteroatoms. The molecule has 0 saturated heterocycles. The summed E-state index contributed by atoms with van der Waals surface area (Å²) in [5.41, 5.74) is 5.24. The molecule has 0 aliphatic heterocycles. The van der Waals surface area contributed by atoms with Gasteiger partial charge in [-0.15, -0.1) is 0 Å². The topological polar surface area (TPSA) is 88.7 Å². The van der Waals surface area contributed by atoms with Crippen molar-refractivity contribution >= 4 is 25.2 Å². The van der Waals surface area contributed by atoms with Crippen LogP contribution in [0.2, 0.25) is 0 Å². The minimum Gasteiger partial charge on any atom is -0.423 e. The van der Waals surface area contributed by atoms with Crippen LogP contribution in [0.25, 0.3) is 11.1 Å². The first-order valence-corrected chi connectivity index (χ1v) is 10.4. The van der Waals surface area contributed by atoms with E-state index in [-0.39, 0.29) is 0 Å². The number of benzene rings is 2. The maximum absolute atomic E-state index is 9.49. The number of nitrogens with zero attached hydrogens (tertiary/aromatic N) is 2. The van der Waals surface area contributed by atoms with Crippen molar-refractivity contribution in [2.75, 3.05) is 0 Å². The molecular formula is C24H24B2N2O4+2. The van der Waals surface area contributed by atoms with E-state index in [0.29, 0.717) is 24.0 Å². The Balaban J connectivity index is 1.69. The summed E-state index contributed by atoms with van der Waals surface area (Å²) in [5.74, 6) is 0. The molecule has 0 bridgehead atoms. The predicted molar refractivity (Wildman–Crippen MR) is 123 cm³/mol. The van der Waals surface area contributed by atoms with E-state index in [2.05, 4.69) is 24.3 Å². The van der Waals surface area contributed by atoms with Crippen LogP contribution in [0.1, 0.15) is 11.1 Å². The first-order valence-electron chi connectivity index (χ1n) is 10.4. The van der Waals surface area contributed by atoms with Crippen molar-refractivity contribution in [1.29, 1.82) is 0 Å². The lowest BCUT2D eigenvalue weighted by Crippen LogP contribution is -2.42. The van der Waals surface area contributed by atoms with Crippen molar-refractivity contribution in [3.8, 4) is 11.1 Å². The monoisotopic (exact) mass is 426 g/mol. The standard InChI is InChI=1S/C24H24B2N2O4/c29-25(30)21-9-5-13-27(17-21)15-19-7-1-3-11-23(19)24-12-4-2-8-20(24)16-28-14-6-10-22(18-28)26(31)32/h1-14,17-18,29-32H,15-16H2/q+2. The van der Waals surface area contributed by atoms with Gasteiger partial charge in [0.1, 0.15) is 0 Å². The maximum atomic E-state index is 9.49. The Morgan fingerprint density at radius 1 is 0.531 bits per heavy atom. The Bertz CT molecular complexity index is 1120. The molecule has 0 fully saturated rings. The number of pyridine rings is 2. The van der Waals surface area contributed by atoms with Crippen LogP contribution in [0.3, 0.4) is 0 Å². The Morgan fingerprint density at radius 3 is 1.34 bits per heavy atom. The summed E-state index contributed by atoms with van der Waals surface area (Å²) in [7, 11) is -3.02. The average Bonchev–Trinajstić information content (AvgIpc) is 2.80. The number of rotatable bonds is 7. The van der Waals surface area contributed by atoms with Gasteiger partial charge in [0.15, 0.2) is 37.9 Å². The van der Waals surface area contributed by atoms with E-state index in [1.165, 1.54) is 0 Å². The van der Waals surface area contributed by atoms with E-state index in [4.69, 9.17) is 0 Å². The molecule has 0 radical (unpaired) electrons. The Morgan fingerprint density at radius 2 is 0.938 bits per heavy atom. The Hall–Kier alpha value is -3.29. The van der Waals surface area contributed by atoms with Crippen molar-refractivity contribution in [1.82, 2.24) is 0 Å². The van der Waals surface area contributed by atoms with Crippen molar-refractivity contribution in [2.24, 2.45) is 0 Å². The van der Waals surface area contributed by atoms with Gasteiger partial charge in [0.2, 0.25) is 0 Å². The zero-order valence-electron chi connectivity index (χ0n) is 17.5. The molecule has 0 aliphatic carbocycles. The molecule has 4 N–H and O–H groups in total. The van der Waals surface area contributed by atoms with Crippen LogP contribution in [0.15, 0.2) is 97.6 Å². The smallest absolute Gasteiger partial charge is 0.423 e. The van der Waals surface area contributed by atoms with Crippen LogP contribution in [-0.2, 0) is 13.1 Å². The minimum atomic E-state index is -1.51. The molecular weight excluding hydrogens is 402 g/mol. The van der Waals surface area contributed by atoms with E-state index in [1.54, 1.807) is 36.7 Å². The van der Waals surface area contributed by atoms with Gasteiger partial charge in [0.05, 0.1) is 0 Å². The largest absolute Gasteiger partial charge is 0.494 e. The molecule has 6 nitrogen and oxygen atoms in total. The summed E-state index contributed by atoms with van der Waals surface area (Å²) in [6.07, 6.45) is 7.26. The third kappa shape index (κ3) is 5.12. The highest BCUT2D eigenvalue weighted by atomic mass is 16.4. The zero-order valence-corrected chi connectivity index (χ0v) is 17.5. The molecule has 158 valence electrons. The molecule has 4 rings (SSSR count). The molecule has 2 heterocycles. The molecule has 0 saturated carbocycles. The fourth-order valence-corrected chi connectivity index (χ4v) is 3.82. The number of aromatic nitrogens is 2. The van der Waals surface area contributed by atoms with E-state index in [1.807, 2.05) is 45.8 Å². The van der Waals surface area contributed by atoms with Crippen LogP contribution in [0.5, 0.6) is 0 Å². The second-order valence-electron chi connectivity index (χ2n) is 7.68. The summed E-state index contributed by atoms with van der Waals surface area (Å²) in [6, 6.07) is 23.2. The number of hydrogen-bond acceptors (Lipinski definition) is 4. The van der Waals surface area contributed by atoms with Crippen LogP contribution in [0, 0.1) is 0 Å². The van der Waals surface area contributed by atoms with Gasteiger partial charge < -0.3 is 20.1 Å². The predicted octanol–water partition coefficient (Wildman–Crippen LogP) is -0.615. The normalized spacial score (nSPS) is 10.8. The molecule has 0 amide bonds. The van der Waals surface area contributed by atoms with Gasteiger partial charge in [-0.2, -0.15) is 0 Å². The lowest BCUT2D eigenvalue weighted by Gasteiger charge is -2.12. The van der Waals surface area contributed by atoms with Gasteiger partial charge >= 0.3 is 14.2 Å². The van der Waals surface area contributed by atoms with E-state index in [0.717, 1.165) is 22.3 Å². The molecule has 0 atom stereocenters. The Kier molecular flexibility index (Phi) is 6.78. The SMILES string of the molecule is OB(O)c1ccc[n+](Cc2ccccc2-c2ccccc2C[n+]2cccc(B(O)O)c2)c1. The zero-order chi connectivity index (χ0) is 22.5. The van der Waals surface area contributed by atoms with Gasteiger partial charge in [0.25, 0.3) is 0 Å². The quantitative estimate of drug-likeness (QED) is 0.235. The second-order valence-corrected chi connectivity index (χ2v) is 7.68. The Labute approximate surface area is 187 Å². The van der Waals surface area contributed by atoms with Crippen molar-refractivity contribution in [3.05, 3.63) is 109 Å². The van der Waals surface area contributed by atoms with Crippen molar-refractivity contribution in [2.45, 2.75) is 13.1 Å². The van der Waals surface area contributed by atoms with Gasteiger partial charge in [-0.25, -0.2) is 9.13 Å². The average molecular weight is 426 g/mol. The molecule has 0 spiro atoms. The highest BCUT2D eigenvalue weighted by molar-refractivity contribution is 6.58. The first-order chi connectivity index (χ1) is 15.5. The van der Waals surface area contributed by atoms with Gasteiger partial charge in [-0.1, -0.05) is 60.7 Å². The molecule has 4 aromatic rings. The number of hydrogen-bond donors (Lipinski definition) is 4. The van der Waals surface area contributed by atoms with Crippen molar-refractivity contribution in [3.63, 3.8) is 0 Å². The summed E-state index contributed by atoms with van der Waals surface area (Å²) >= 11 is 0. The molecule has 2 aromatic carbocycles. The second kappa shape index (κ2) is 9.89. The lowest BCUT2D eigenvalue weighted by molar-refractivity contribution is -0.687. The van der Waals surface area contributed by atoms with Crippen LogP contribution < -0.4 is 20.1 Å². The van der Waals surface area contributed by atoms with E-state index < -0.39 is 14.2 Å². The van der Waals surface area contributed by atoms with Gasteiger partial charge in [0, 0.05) is 34.2 Å². The third-order valence-corrected chi connectivity index (χ3v) is 5.39. The molecule has 2 aromatic heterocycles. The minimum absolute atomic E-state index is 0.438. The highest BCUT2D eigenvalue weighted by Gasteiger charge is 2.19. The maximum Gasteiger partial charge on any atom is 0.494 e. The van der Waals surface area contributed by atoms with Crippen LogP contribution >= 0.6 is 0 Å². The molecule has 0 aliphatic rings. The molecule has 32 heavy (non-hydrogen) atoms. The summed E-state index contributed by atoms with van der Waals surface area (Å²) in [6.45, 7) is 1.15. The lowest BCUT2D eigenvalue weighted by atomic mass is 9.82. The van der Waals surface area contributed by atoms with Gasteiger partial charge in [-0.3, -0.25) is 0 Å². The van der Waals surface area contributed by atoms with E-state index in [9.17, 15) is 20.1 Å². The fourth-order valence-electron chi connectivity index (χ4n) is 3.82. The summed E-state index contributed by atoms with van der Waals surface area (Å²) < 4.78 is 3.86. The highest BCUT2D eigenvalue weighted by Crippen LogP contribution is 2.27. The fraction of sp³-hybridized carbons (Fsp3) is 0.0833. The van der Waals surface area contributed by atoms with Crippen LogP contribution in [0.4, 0.5) is 0 Å². The van der Waals surface area contributed by atoms with E-state index >= 15 is 0 Å². The third-order valence-electron chi connectivity index (χ3n) is 5.39. The molecule has 0 unspecified atom stereocenters. The summed E-state index contributed by atoms with van der Waals surface area (Å²) in [4.78, 5) is 0. The van der Waals surface area contributed by atoms with Crippen LogP contribution in [-0.4, -0.2) is 34.3 Å². The first kappa shape index (κ1) is 21.9. The van der Waals surface area contributed by atoms with Gasteiger partial charge in [-0.05, 0) is 11.1 Å². The summed E-state index contributed by atoms with van der Waals surface area (Å²) in [5, 5.41) is 37.9.